The molecule has 1 aliphatic heterocycles. The Morgan fingerprint density at radius 1 is 1.53 bits per heavy atom. The lowest BCUT2D eigenvalue weighted by atomic mass is 10.3. The number of nitrogens with zero attached hydrogens (tertiary/aromatic N) is 3. The summed E-state index contributed by atoms with van der Waals surface area (Å²) in [5, 5.41) is 11.5. The summed E-state index contributed by atoms with van der Waals surface area (Å²) in [6.45, 7) is 3.61. The molecule has 5 nitrogen and oxygen atoms in total. The Kier molecular flexibility index (Phi) is 2.42. The Morgan fingerprint density at radius 3 is 3.20 bits per heavy atom. The van der Waals surface area contributed by atoms with Gasteiger partial charge in [-0.15, -0.1) is 10.2 Å². The van der Waals surface area contributed by atoms with E-state index in [4.69, 9.17) is 4.74 Å². The van der Waals surface area contributed by atoms with Gasteiger partial charge in [0.25, 0.3) is 0 Å². The van der Waals surface area contributed by atoms with Gasteiger partial charge in [-0.1, -0.05) is 0 Å². The second-order valence-corrected chi connectivity index (χ2v) is 4.35. The van der Waals surface area contributed by atoms with Crippen molar-refractivity contribution >= 4 is 0 Å². The van der Waals surface area contributed by atoms with Gasteiger partial charge in [-0.05, 0) is 18.8 Å². The molecule has 2 fully saturated rings. The van der Waals surface area contributed by atoms with Crippen molar-refractivity contribution in [1.29, 1.82) is 0 Å². The van der Waals surface area contributed by atoms with Crippen LogP contribution in [0.2, 0.25) is 0 Å². The summed E-state index contributed by atoms with van der Waals surface area (Å²) in [6.07, 6.45) is 4.61. The van der Waals surface area contributed by atoms with Gasteiger partial charge in [0.2, 0.25) is 0 Å². The van der Waals surface area contributed by atoms with Gasteiger partial charge in [0.15, 0.2) is 5.82 Å². The molecular weight excluding hydrogens is 192 g/mol. The Bertz CT molecular complexity index is 328. The molecule has 82 valence electrons. The SMILES string of the molecule is c1nnc(C2CNCCO2)n1CC1CC1. The Labute approximate surface area is 88.8 Å². The first-order valence-corrected chi connectivity index (χ1v) is 5.63. The summed E-state index contributed by atoms with van der Waals surface area (Å²) in [5.41, 5.74) is 0. The second-order valence-electron chi connectivity index (χ2n) is 4.35. The van der Waals surface area contributed by atoms with Crippen LogP contribution in [0, 0.1) is 5.92 Å². The van der Waals surface area contributed by atoms with Crippen LogP contribution >= 0.6 is 0 Å². The van der Waals surface area contributed by atoms with E-state index in [2.05, 4.69) is 20.1 Å². The molecule has 1 N–H and O–H groups in total. The predicted molar refractivity (Wildman–Crippen MR) is 54.3 cm³/mol. The van der Waals surface area contributed by atoms with E-state index in [0.29, 0.717) is 0 Å². The monoisotopic (exact) mass is 208 g/mol. The summed E-state index contributed by atoms with van der Waals surface area (Å²) >= 11 is 0. The van der Waals surface area contributed by atoms with E-state index in [-0.39, 0.29) is 6.10 Å². The lowest BCUT2D eigenvalue weighted by Crippen LogP contribution is -2.34. The summed E-state index contributed by atoms with van der Waals surface area (Å²) in [5.74, 6) is 1.82. The number of morpholine rings is 1. The van der Waals surface area contributed by atoms with Gasteiger partial charge in [0.1, 0.15) is 12.4 Å². The minimum Gasteiger partial charge on any atom is -0.368 e. The first-order valence-electron chi connectivity index (χ1n) is 5.63. The van der Waals surface area contributed by atoms with Crippen LogP contribution in [-0.4, -0.2) is 34.5 Å². The van der Waals surface area contributed by atoms with Crippen molar-refractivity contribution in [3.8, 4) is 0 Å². The topological polar surface area (TPSA) is 52.0 Å². The number of hydrogen-bond donors (Lipinski definition) is 1. The summed E-state index contributed by atoms with van der Waals surface area (Å²) in [7, 11) is 0. The third kappa shape index (κ3) is 2.03. The fourth-order valence-corrected chi connectivity index (χ4v) is 1.96. The average Bonchev–Trinajstić information content (AvgIpc) is 2.96. The van der Waals surface area contributed by atoms with E-state index in [1.807, 2.05) is 6.33 Å². The third-order valence-electron chi connectivity index (χ3n) is 3.01. The highest BCUT2D eigenvalue weighted by Crippen LogP contribution is 2.31. The van der Waals surface area contributed by atoms with Crippen LogP contribution in [0.25, 0.3) is 0 Å². The largest absolute Gasteiger partial charge is 0.368 e. The van der Waals surface area contributed by atoms with E-state index in [0.717, 1.165) is 38.0 Å². The molecule has 0 radical (unpaired) electrons. The molecule has 0 amide bonds. The second kappa shape index (κ2) is 3.90. The smallest absolute Gasteiger partial charge is 0.163 e. The molecule has 2 heterocycles. The summed E-state index contributed by atoms with van der Waals surface area (Å²) in [6, 6.07) is 0. The molecule has 1 aliphatic carbocycles. The Hall–Kier alpha value is -0.940. The quantitative estimate of drug-likeness (QED) is 0.778. The maximum atomic E-state index is 5.68. The Balaban J connectivity index is 1.73. The first-order chi connectivity index (χ1) is 7.43. The van der Waals surface area contributed by atoms with Gasteiger partial charge in [0.05, 0.1) is 6.61 Å². The van der Waals surface area contributed by atoms with Crippen LogP contribution in [0.5, 0.6) is 0 Å². The van der Waals surface area contributed by atoms with Crippen molar-refractivity contribution in [3.05, 3.63) is 12.2 Å². The van der Waals surface area contributed by atoms with E-state index in [1.54, 1.807) is 0 Å². The lowest BCUT2D eigenvalue weighted by molar-refractivity contribution is 0.0196. The van der Waals surface area contributed by atoms with Gasteiger partial charge in [-0.2, -0.15) is 0 Å². The molecule has 1 saturated heterocycles. The Morgan fingerprint density at radius 2 is 2.47 bits per heavy atom. The van der Waals surface area contributed by atoms with Crippen molar-refractivity contribution in [1.82, 2.24) is 20.1 Å². The van der Waals surface area contributed by atoms with E-state index in [1.165, 1.54) is 12.8 Å². The maximum absolute atomic E-state index is 5.68. The molecule has 1 saturated carbocycles. The fraction of sp³-hybridized carbons (Fsp3) is 0.800. The average molecular weight is 208 g/mol. The fourth-order valence-electron chi connectivity index (χ4n) is 1.96. The molecular formula is C10H16N4O. The highest BCUT2D eigenvalue weighted by Gasteiger charge is 2.26. The lowest BCUT2D eigenvalue weighted by Gasteiger charge is -2.23. The third-order valence-corrected chi connectivity index (χ3v) is 3.01. The van der Waals surface area contributed by atoms with Crippen LogP contribution in [0.3, 0.4) is 0 Å². The van der Waals surface area contributed by atoms with E-state index in [9.17, 15) is 0 Å². The first kappa shape index (κ1) is 9.30. The highest BCUT2D eigenvalue weighted by molar-refractivity contribution is 4.95. The molecule has 1 aromatic rings. The number of rotatable bonds is 3. The normalized spacial score (nSPS) is 26.8. The summed E-state index contributed by atoms with van der Waals surface area (Å²) < 4.78 is 7.83. The van der Waals surface area contributed by atoms with Crippen molar-refractivity contribution in [2.45, 2.75) is 25.5 Å². The molecule has 1 unspecified atom stereocenters. The summed E-state index contributed by atoms with van der Waals surface area (Å²) in [4.78, 5) is 0. The van der Waals surface area contributed by atoms with Gasteiger partial charge in [-0.3, -0.25) is 0 Å². The predicted octanol–water partition coefficient (Wildman–Crippen LogP) is 0.349. The molecule has 0 spiro atoms. The minimum atomic E-state index is 0.0833. The molecule has 1 aromatic heterocycles. The van der Waals surface area contributed by atoms with Gasteiger partial charge >= 0.3 is 0 Å². The molecule has 1 atom stereocenters. The highest BCUT2D eigenvalue weighted by atomic mass is 16.5. The van der Waals surface area contributed by atoms with Crippen LogP contribution in [0.1, 0.15) is 24.8 Å². The molecule has 0 aromatic carbocycles. The molecule has 2 aliphatic rings. The number of nitrogens with one attached hydrogen (secondary N) is 1. The van der Waals surface area contributed by atoms with E-state index < -0.39 is 0 Å². The standard InChI is InChI=1S/C10H16N4O/c1-2-8(1)6-14-7-12-13-10(14)9-5-11-3-4-15-9/h7-9,11H,1-6H2. The van der Waals surface area contributed by atoms with Crippen LogP contribution in [0.15, 0.2) is 6.33 Å². The van der Waals surface area contributed by atoms with Crippen molar-refractivity contribution in [3.63, 3.8) is 0 Å². The van der Waals surface area contributed by atoms with Gasteiger partial charge in [0, 0.05) is 19.6 Å². The number of ether oxygens (including phenoxy) is 1. The zero-order chi connectivity index (χ0) is 10.1. The maximum Gasteiger partial charge on any atom is 0.163 e. The molecule has 0 bridgehead atoms. The van der Waals surface area contributed by atoms with Crippen LogP contribution < -0.4 is 5.32 Å². The van der Waals surface area contributed by atoms with Crippen LogP contribution in [0.4, 0.5) is 0 Å². The zero-order valence-electron chi connectivity index (χ0n) is 8.72. The van der Waals surface area contributed by atoms with Crippen molar-refractivity contribution in [2.75, 3.05) is 19.7 Å². The van der Waals surface area contributed by atoms with E-state index >= 15 is 0 Å². The molecule has 5 heteroatoms. The zero-order valence-corrected chi connectivity index (χ0v) is 8.72. The molecule has 3 rings (SSSR count). The van der Waals surface area contributed by atoms with Crippen LogP contribution in [-0.2, 0) is 11.3 Å². The molecule has 15 heavy (non-hydrogen) atoms. The minimum absolute atomic E-state index is 0.0833. The number of hydrogen-bond acceptors (Lipinski definition) is 4. The van der Waals surface area contributed by atoms with Crippen molar-refractivity contribution in [2.24, 2.45) is 5.92 Å². The number of aromatic nitrogens is 3. The van der Waals surface area contributed by atoms with Crippen molar-refractivity contribution < 1.29 is 4.74 Å². The van der Waals surface area contributed by atoms with Gasteiger partial charge in [-0.25, -0.2) is 0 Å². The van der Waals surface area contributed by atoms with Gasteiger partial charge < -0.3 is 14.6 Å².